The molecule has 0 aliphatic heterocycles. The van der Waals surface area contributed by atoms with Crippen molar-refractivity contribution in [1.82, 2.24) is 0 Å². The molecule has 0 saturated carbocycles. The average Bonchev–Trinajstić information content (AvgIpc) is 2.69. The summed E-state index contributed by atoms with van der Waals surface area (Å²) in [7, 11) is 0. The highest BCUT2D eigenvalue weighted by atomic mass is 32.1. The number of carbonyl (C=O) groups excluding carboxylic acids is 1. The number of thiophene rings is 1. The zero-order chi connectivity index (χ0) is 10.7. The molecule has 0 atom stereocenters. The molecule has 0 aliphatic rings. The van der Waals surface area contributed by atoms with Crippen molar-refractivity contribution in [2.45, 2.75) is 13.3 Å². The van der Waals surface area contributed by atoms with Gasteiger partial charge in [0.05, 0.1) is 0 Å². The second-order valence-corrected chi connectivity index (χ2v) is 4.29. The molecule has 2 heteroatoms. The number of fused-ring (bicyclic) bond motifs is 1. The molecule has 0 amide bonds. The summed E-state index contributed by atoms with van der Waals surface area (Å²) in [6, 6.07) is 8.26. The van der Waals surface area contributed by atoms with Crippen LogP contribution >= 0.6 is 11.3 Å². The van der Waals surface area contributed by atoms with Crippen LogP contribution in [-0.4, -0.2) is 6.29 Å². The number of hydrogen-bond acceptors (Lipinski definition) is 2. The van der Waals surface area contributed by atoms with Gasteiger partial charge in [0.2, 0.25) is 0 Å². The van der Waals surface area contributed by atoms with Gasteiger partial charge < -0.3 is 0 Å². The molecule has 76 valence electrons. The van der Waals surface area contributed by atoms with E-state index in [1.807, 2.05) is 25.1 Å². The van der Waals surface area contributed by atoms with Gasteiger partial charge in [0, 0.05) is 4.70 Å². The van der Waals surface area contributed by atoms with Crippen LogP contribution in [0, 0.1) is 0 Å². The summed E-state index contributed by atoms with van der Waals surface area (Å²) in [6.07, 6.45) is 3.70. The van der Waals surface area contributed by atoms with E-state index >= 15 is 0 Å². The highest BCUT2D eigenvalue weighted by Gasteiger charge is 2.01. The van der Waals surface area contributed by atoms with Gasteiger partial charge in [0.1, 0.15) is 6.29 Å². The highest BCUT2D eigenvalue weighted by Crippen LogP contribution is 2.27. The Kier molecular flexibility index (Phi) is 2.97. The summed E-state index contributed by atoms with van der Waals surface area (Å²) >= 11 is 1.72. The molecule has 2 aromatic rings. The fourth-order valence-electron chi connectivity index (χ4n) is 1.53. The second-order valence-electron chi connectivity index (χ2n) is 3.38. The van der Waals surface area contributed by atoms with Crippen LogP contribution in [0.25, 0.3) is 16.2 Å². The number of rotatable bonds is 3. The van der Waals surface area contributed by atoms with E-state index in [9.17, 15) is 4.79 Å². The number of carbonyl (C=O) groups is 1. The Morgan fingerprint density at radius 1 is 1.40 bits per heavy atom. The van der Waals surface area contributed by atoms with Gasteiger partial charge in [-0.2, -0.15) is 0 Å². The number of allylic oxidation sites excluding steroid dienone is 1. The molecule has 0 aliphatic carbocycles. The van der Waals surface area contributed by atoms with Gasteiger partial charge in [-0.1, -0.05) is 25.1 Å². The first kappa shape index (κ1) is 10.1. The van der Waals surface area contributed by atoms with Crippen molar-refractivity contribution < 1.29 is 4.79 Å². The van der Waals surface area contributed by atoms with Crippen molar-refractivity contribution in [2.24, 2.45) is 0 Å². The van der Waals surface area contributed by atoms with Gasteiger partial charge >= 0.3 is 0 Å². The zero-order valence-corrected chi connectivity index (χ0v) is 9.38. The topological polar surface area (TPSA) is 17.1 Å². The molecule has 1 aromatic carbocycles. The van der Waals surface area contributed by atoms with Crippen LogP contribution in [0.1, 0.15) is 18.9 Å². The fourth-order valence-corrected chi connectivity index (χ4v) is 2.45. The fraction of sp³-hybridized carbons (Fsp3) is 0.154. The van der Waals surface area contributed by atoms with Gasteiger partial charge in [0.25, 0.3) is 0 Å². The molecule has 0 spiro atoms. The molecule has 2 rings (SSSR count). The molecule has 0 unspecified atom stereocenters. The molecule has 0 radical (unpaired) electrons. The molecule has 15 heavy (non-hydrogen) atoms. The lowest BCUT2D eigenvalue weighted by Crippen LogP contribution is -1.80. The molecule has 0 bridgehead atoms. The lowest BCUT2D eigenvalue weighted by molar-refractivity contribution is -0.104. The summed E-state index contributed by atoms with van der Waals surface area (Å²) in [5, 5.41) is 3.33. The van der Waals surface area contributed by atoms with Crippen LogP contribution in [0.2, 0.25) is 0 Å². The molecule has 0 N–H and O–H groups in total. The van der Waals surface area contributed by atoms with Crippen molar-refractivity contribution in [3.05, 3.63) is 40.8 Å². The van der Waals surface area contributed by atoms with E-state index in [0.717, 1.165) is 23.8 Å². The van der Waals surface area contributed by atoms with E-state index in [1.165, 1.54) is 10.1 Å². The molecule has 1 heterocycles. The summed E-state index contributed by atoms with van der Waals surface area (Å²) in [6.45, 7) is 1.99. The predicted molar refractivity (Wildman–Crippen MR) is 66.2 cm³/mol. The first-order valence-corrected chi connectivity index (χ1v) is 5.85. The molecule has 0 saturated heterocycles. The summed E-state index contributed by atoms with van der Waals surface area (Å²) in [5.41, 5.74) is 2.00. The lowest BCUT2D eigenvalue weighted by Gasteiger charge is -1.94. The van der Waals surface area contributed by atoms with Crippen LogP contribution in [0.15, 0.2) is 35.2 Å². The standard InChI is InChI=1S/C13H12OS/c1-2-10(8-14)7-11-9-15-13-6-4-3-5-12(11)13/h3-9H,2H2,1H3. The molecular formula is C13H12OS. The summed E-state index contributed by atoms with van der Waals surface area (Å²) in [5.74, 6) is 0. The first-order chi connectivity index (χ1) is 7.35. The van der Waals surface area contributed by atoms with Crippen LogP contribution < -0.4 is 0 Å². The second kappa shape index (κ2) is 4.41. The third kappa shape index (κ3) is 2.00. The minimum absolute atomic E-state index is 0.785. The van der Waals surface area contributed by atoms with Crippen LogP contribution in [0.5, 0.6) is 0 Å². The Hall–Kier alpha value is -1.41. The quantitative estimate of drug-likeness (QED) is 0.562. The maximum atomic E-state index is 10.7. The van der Waals surface area contributed by atoms with Crippen LogP contribution in [-0.2, 0) is 4.79 Å². The van der Waals surface area contributed by atoms with E-state index in [2.05, 4.69) is 17.5 Å². The Labute approximate surface area is 93.1 Å². The van der Waals surface area contributed by atoms with Crippen molar-refractivity contribution in [1.29, 1.82) is 0 Å². The third-order valence-electron chi connectivity index (χ3n) is 2.41. The van der Waals surface area contributed by atoms with Gasteiger partial charge in [-0.05, 0) is 40.5 Å². The number of benzene rings is 1. The average molecular weight is 216 g/mol. The van der Waals surface area contributed by atoms with Crippen LogP contribution in [0.4, 0.5) is 0 Å². The number of aldehydes is 1. The van der Waals surface area contributed by atoms with Crippen LogP contribution in [0.3, 0.4) is 0 Å². The molecule has 1 nitrogen and oxygen atoms in total. The monoisotopic (exact) mass is 216 g/mol. The van der Waals surface area contributed by atoms with Gasteiger partial charge in [-0.15, -0.1) is 11.3 Å². The largest absolute Gasteiger partial charge is 0.298 e. The van der Waals surface area contributed by atoms with Gasteiger partial charge in [0.15, 0.2) is 0 Å². The first-order valence-electron chi connectivity index (χ1n) is 4.97. The van der Waals surface area contributed by atoms with Crippen molar-refractivity contribution in [2.75, 3.05) is 0 Å². The minimum atomic E-state index is 0.785. The van der Waals surface area contributed by atoms with E-state index in [0.29, 0.717) is 0 Å². The minimum Gasteiger partial charge on any atom is -0.298 e. The maximum absolute atomic E-state index is 10.7. The Morgan fingerprint density at radius 3 is 2.93 bits per heavy atom. The molecular weight excluding hydrogens is 204 g/mol. The van der Waals surface area contributed by atoms with Crippen molar-refractivity contribution in [3.8, 4) is 0 Å². The summed E-state index contributed by atoms with van der Waals surface area (Å²) in [4.78, 5) is 10.7. The normalized spacial score (nSPS) is 11.9. The lowest BCUT2D eigenvalue weighted by atomic mass is 10.1. The SMILES string of the molecule is CCC(C=O)=Cc1csc2ccccc12. The van der Waals surface area contributed by atoms with Gasteiger partial charge in [-0.3, -0.25) is 4.79 Å². The van der Waals surface area contributed by atoms with Gasteiger partial charge in [-0.25, -0.2) is 0 Å². The third-order valence-corrected chi connectivity index (χ3v) is 3.39. The van der Waals surface area contributed by atoms with E-state index in [-0.39, 0.29) is 0 Å². The highest BCUT2D eigenvalue weighted by molar-refractivity contribution is 7.17. The van der Waals surface area contributed by atoms with E-state index < -0.39 is 0 Å². The Balaban J connectivity index is 2.53. The Morgan fingerprint density at radius 2 is 2.20 bits per heavy atom. The smallest absolute Gasteiger partial charge is 0.146 e. The van der Waals surface area contributed by atoms with E-state index in [1.54, 1.807) is 11.3 Å². The van der Waals surface area contributed by atoms with E-state index in [4.69, 9.17) is 0 Å². The summed E-state index contributed by atoms with van der Waals surface area (Å²) < 4.78 is 1.27. The molecule has 0 fully saturated rings. The molecule has 1 aromatic heterocycles. The zero-order valence-electron chi connectivity index (χ0n) is 8.57. The van der Waals surface area contributed by atoms with Crippen molar-refractivity contribution in [3.63, 3.8) is 0 Å². The number of hydrogen-bond donors (Lipinski definition) is 0. The predicted octanol–water partition coefficient (Wildman–Crippen LogP) is 3.89. The Bertz CT molecular complexity index is 508. The maximum Gasteiger partial charge on any atom is 0.146 e. The van der Waals surface area contributed by atoms with Crippen molar-refractivity contribution >= 4 is 33.8 Å².